The molecule has 2 aromatic carbocycles. The minimum atomic E-state index is -0.323. The van der Waals surface area contributed by atoms with Crippen LogP contribution in [0, 0.1) is 12.7 Å². The molecule has 0 aliphatic carbocycles. The molecule has 0 aliphatic rings. The maximum Gasteiger partial charge on any atom is 0.132 e. The first-order chi connectivity index (χ1) is 9.99. The summed E-state index contributed by atoms with van der Waals surface area (Å²) in [5.41, 5.74) is 3.12. The van der Waals surface area contributed by atoms with Gasteiger partial charge in [-0.2, -0.15) is 0 Å². The Morgan fingerprint density at radius 3 is 2.71 bits per heavy atom. The van der Waals surface area contributed by atoms with Crippen LogP contribution < -0.4 is 0 Å². The molecule has 1 heterocycles. The largest absolute Gasteiger partial charge is 0.293 e. The first-order valence-corrected chi connectivity index (χ1v) is 7.38. The summed E-state index contributed by atoms with van der Waals surface area (Å²) in [5, 5.41) is 0.239. The summed E-state index contributed by atoms with van der Waals surface area (Å²) in [6, 6.07) is 10.1. The van der Waals surface area contributed by atoms with E-state index in [-0.39, 0.29) is 11.2 Å². The van der Waals surface area contributed by atoms with Gasteiger partial charge in [-0.05, 0) is 43.7 Å². The summed E-state index contributed by atoms with van der Waals surface area (Å²) in [5.74, 6) is 0.339. The summed E-state index contributed by atoms with van der Waals surface area (Å²) < 4.78 is 15.5. The molecule has 0 radical (unpaired) electrons. The summed E-state index contributed by atoms with van der Waals surface area (Å²) >= 11 is 12.6. The van der Waals surface area contributed by atoms with Gasteiger partial charge in [0.15, 0.2) is 0 Å². The van der Waals surface area contributed by atoms with Crippen molar-refractivity contribution in [2.24, 2.45) is 0 Å². The maximum absolute atomic E-state index is 13.7. The molecule has 0 fully saturated rings. The Balaban J connectivity index is 2.44. The number of benzene rings is 2. The zero-order valence-corrected chi connectivity index (χ0v) is 13.1. The number of fused-ring (bicyclic) bond motifs is 1. The minimum absolute atomic E-state index is 0.308. The number of halogens is 3. The molecule has 0 saturated heterocycles. The molecule has 0 N–H and O–H groups in total. The lowest BCUT2D eigenvalue weighted by atomic mass is 10.2. The molecule has 1 atom stereocenters. The van der Waals surface area contributed by atoms with Crippen LogP contribution in [-0.4, -0.2) is 9.55 Å². The normalized spacial score (nSPS) is 12.8. The summed E-state index contributed by atoms with van der Waals surface area (Å²) in [6.45, 7) is 3.75. The highest BCUT2D eigenvalue weighted by molar-refractivity contribution is 6.35. The Bertz CT molecular complexity index is 825. The number of aryl methyl sites for hydroxylation is 1. The maximum atomic E-state index is 13.7. The molecule has 0 aliphatic heterocycles. The number of hydrogen-bond acceptors (Lipinski definition) is 1. The highest BCUT2D eigenvalue weighted by Gasteiger charge is 2.19. The fourth-order valence-electron chi connectivity index (χ4n) is 2.44. The van der Waals surface area contributed by atoms with Gasteiger partial charge in [0.25, 0.3) is 0 Å². The first kappa shape index (κ1) is 14.4. The van der Waals surface area contributed by atoms with Crippen molar-refractivity contribution < 1.29 is 4.39 Å². The number of aromatic nitrogens is 2. The fourth-order valence-corrected chi connectivity index (χ4v) is 2.84. The van der Waals surface area contributed by atoms with Gasteiger partial charge < -0.3 is 0 Å². The van der Waals surface area contributed by atoms with E-state index >= 15 is 0 Å². The Morgan fingerprint density at radius 1 is 1.24 bits per heavy atom. The summed E-state index contributed by atoms with van der Waals surface area (Å²) in [4.78, 5) is 4.54. The van der Waals surface area contributed by atoms with Crippen molar-refractivity contribution in [3.05, 3.63) is 58.6 Å². The van der Waals surface area contributed by atoms with E-state index in [1.807, 2.05) is 30.5 Å². The van der Waals surface area contributed by atoms with Crippen molar-refractivity contribution in [2.45, 2.75) is 19.2 Å². The van der Waals surface area contributed by atoms with Crippen LogP contribution >= 0.6 is 23.2 Å². The molecule has 1 aromatic heterocycles. The standard InChI is InChI=1S/C16H13Cl2FN2/c1-9-6-7-11(19)8-14(9)21-15-12(18)4-3-5-13(15)20-16(21)10(2)17/h3-8,10H,1-2H3. The predicted octanol–water partition coefficient (Wildman–Crippen LogP) is 5.43. The van der Waals surface area contributed by atoms with Crippen LogP contribution in [0.4, 0.5) is 4.39 Å². The van der Waals surface area contributed by atoms with Crippen LogP contribution in [0.1, 0.15) is 23.7 Å². The molecule has 0 amide bonds. The van der Waals surface area contributed by atoms with E-state index in [2.05, 4.69) is 4.98 Å². The van der Waals surface area contributed by atoms with Crippen molar-refractivity contribution in [3.63, 3.8) is 0 Å². The van der Waals surface area contributed by atoms with Crippen molar-refractivity contribution in [1.29, 1.82) is 0 Å². The lowest BCUT2D eigenvalue weighted by Gasteiger charge is -2.14. The lowest BCUT2D eigenvalue weighted by Crippen LogP contribution is -2.04. The number of rotatable bonds is 2. The van der Waals surface area contributed by atoms with Gasteiger partial charge in [0.05, 0.1) is 27.1 Å². The Hall–Kier alpha value is -1.58. The zero-order chi connectivity index (χ0) is 15.1. The van der Waals surface area contributed by atoms with E-state index in [9.17, 15) is 4.39 Å². The van der Waals surface area contributed by atoms with Gasteiger partial charge in [0, 0.05) is 0 Å². The van der Waals surface area contributed by atoms with E-state index in [1.54, 1.807) is 12.1 Å². The molecular formula is C16H13Cl2FN2. The molecule has 0 saturated carbocycles. The minimum Gasteiger partial charge on any atom is -0.293 e. The van der Waals surface area contributed by atoms with E-state index in [4.69, 9.17) is 23.2 Å². The van der Waals surface area contributed by atoms with Gasteiger partial charge in [-0.25, -0.2) is 9.37 Å². The summed E-state index contributed by atoms with van der Waals surface area (Å²) in [7, 11) is 0. The first-order valence-electron chi connectivity index (χ1n) is 6.56. The topological polar surface area (TPSA) is 17.8 Å². The zero-order valence-electron chi connectivity index (χ0n) is 11.6. The number of imidazole rings is 1. The average Bonchev–Trinajstić information content (AvgIpc) is 2.82. The quantitative estimate of drug-likeness (QED) is 0.575. The highest BCUT2D eigenvalue weighted by Crippen LogP contribution is 2.33. The lowest BCUT2D eigenvalue weighted by molar-refractivity contribution is 0.625. The van der Waals surface area contributed by atoms with Gasteiger partial charge in [-0.1, -0.05) is 23.7 Å². The third-order valence-corrected chi connectivity index (χ3v) is 3.92. The Labute approximate surface area is 132 Å². The van der Waals surface area contributed by atoms with Gasteiger partial charge in [0.1, 0.15) is 11.6 Å². The molecule has 0 bridgehead atoms. The molecule has 0 spiro atoms. The van der Waals surface area contributed by atoms with Gasteiger partial charge in [-0.15, -0.1) is 11.6 Å². The number of nitrogens with zero attached hydrogens (tertiary/aromatic N) is 2. The third-order valence-electron chi connectivity index (χ3n) is 3.42. The molecule has 3 aromatic rings. The molecule has 3 rings (SSSR count). The van der Waals surface area contributed by atoms with Crippen molar-refractivity contribution in [1.82, 2.24) is 9.55 Å². The molecule has 1 unspecified atom stereocenters. The average molecular weight is 323 g/mol. The molecule has 2 nitrogen and oxygen atoms in total. The van der Waals surface area contributed by atoms with Crippen LogP contribution in [0.3, 0.4) is 0 Å². The molecule has 5 heteroatoms. The van der Waals surface area contributed by atoms with Crippen molar-refractivity contribution >= 4 is 34.2 Å². The van der Waals surface area contributed by atoms with E-state index in [1.165, 1.54) is 12.1 Å². The summed E-state index contributed by atoms with van der Waals surface area (Å²) in [6.07, 6.45) is 0. The Kier molecular flexibility index (Phi) is 3.64. The third kappa shape index (κ3) is 2.41. The van der Waals surface area contributed by atoms with Gasteiger partial charge >= 0.3 is 0 Å². The fraction of sp³-hybridized carbons (Fsp3) is 0.188. The molecule has 21 heavy (non-hydrogen) atoms. The second-order valence-corrected chi connectivity index (χ2v) is 6.02. The number of para-hydroxylation sites is 1. The molecular weight excluding hydrogens is 310 g/mol. The predicted molar refractivity (Wildman–Crippen MR) is 85.0 cm³/mol. The number of alkyl halides is 1. The van der Waals surface area contributed by atoms with Crippen LogP contribution in [-0.2, 0) is 0 Å². The second-order valence-electron chi connectivity index (χ2n) is 4.96. The van der Waals surface area contributed by atoms with Crippen molar-refractivity contribution in [2.75, 3.05) is 0 Å². The molecule has 108 valence electrons. The van der Waals surface area contributed by atoms with Crippen LogP contribution in [0.15, 0.2) is 36.4 Å². The highest BCUT2D eigenvalue weighted by atomic mass is 35.5. The van der Waals surface area contributed by atoms with Gasteiger partial charge in [0.2, 0.25) is 0 Å². The van der Waals surface area contributed by atoms with Crippen LogP contribution in [0.25, 0.3) is 16.7 Å². The SMILES string of the molecule is Cc1ccc(F)cc1-n1c(C(C)Cl)nc2cccc(Cl)c21. The monoisotopic (exact) mass is 322 g/mol. The number of hydrogen-bond donors (Lipinski definition) is 0. The van der Waals surface area contributed by atoms with Crippen LogP contribution in [0.2, 0.25) is 5.02 Å². The Morgan fingerprint density at radius 2 is 2.00 bits per heavy atom. The van der Waals surface area contributed by atoms with Crippen LogP contribution in [0.5, 0.6) is 0 Å². The van der Waals surface area contributed by atoms with E-state index < -0.39 is 0 Å². The van der Waals surface area contributed by atoms with Gasteiger partial charge in [-0.3, -0.25) is 4.57 Å². The smallest absolute Gasteiger partial charge is 0.132 e. The second kappa shape index (κ2) is 5.32. The van der Waals surface area contributed by atoms with Crippen molar-refractivity contribution in [3.8, 4) is 5.69 Å². The van der Waals surface area contributed by atoms with E-state index in [0.717, 1.165) is 16.6 Å². The van der Waals surface area contributed by atoms with E-state index in [0.29, 0.717) is 16.5 Å².